The molecule has 0 aromatic heterocycles. The fourth-order valence-corrected chi connectivity index (χ4v) is 11.2. The van der Waals surface area contributed by atoms with Crippen LogP contribution in [0.4, 0.5) is 10.5 Å². The number of thioether (sulfide) groups is 1. The molecular weight excluding hydrogens is 1170 g/mol. The van der Waals surface area contributed by atoms with Crippen LogP contribution >= 0.6 is 23.4 Å². The molecule has 0 radical (unpaired) electrons. The van der Waals surface area contributed by atoms with Crippen molar-refractivity contribution in [3.05, 3.63) is 46.5 Å². The van der Waals surface area contributed by atoms with E-state index >= 15 is 0 Å². The molecule has 3 N–H and O–H groups in total. The molecule has 5 heterocycles. The van der Waals surface area contributed by atoms with Crippen molar-refractivity contribution < 1.29 is 105 Å². The molecule has 6 rings (SSSR count). The molecule has 4 saturated heterocycles. The van der Waals surface area contributed by atoms with E-state index in [9.17, 15) is 48.3 Å². The van der Waals surface area contributed by atoms with Crippen molar-refractivity contribution >= 4 is 82.5 Å². The number of nitrogens with zero attached hydrogens (tertiary/aromatic N) is 3. The van der Waals surface area contributed by atoms with Crippen LogP contribution in [0.25, 0.3) is 0 Å². The van der Waals surface area contributed by atoms with Crippen molar-refractivity contribution in [3.8, 4) is 5.75 Å². The Bertz CT molecular complexity index is 2610. The number of carbonyl (C=O) groups excluding carboxylic acids is 9. The summed E-state index contributed by atoms with van der Waals surface area (Å²) in [5, 5.41) is 17.1. The molecule has 4 fully saturated rings. The first-order chi connectivity index (χ1) is 41.1. The Hall–Kier alpha value is -5.79. The van der Waals surface area contributed by atoms with Crippen LogP contribution in [0.2, 0.25) is 5.02 Å². The van der Waals surface area contributed by atoms with Gasteiger partial charge < -0.3 is 72.3 Å². The van der Waals surface area contributed by atoms with Gasteiger partial charge in [0.05, 0.1) is 110 Å². The summed E-state index contributed by atoms with van der Waals surface area (Å²) in [4.78, 5) is 121. The average molecular weight is 1250 g/mol. The number of epoxide rings is 1. The third-order valence-corrected chi connectivity index (χ3v) is 16.3. The number of fused-ring (bicyclic) bond motifs is 5. The number of carbonyl (C=O) groups is 9. The zero-order valence-corrected chi connectivity index (χ0v) is 51.2. The highest BCUT2D eigenvalue weighted by Crippen LogP contribution is 2.49. The van der Waals surface area contributed by atoms with Crippen LogP contribution < -0.4 is 20.3 Å². The van der Waals surface area contributed by atoms with Gasteiger partial charge in [0.15, 0.2) is 11.8 Å². The van der Waals surface area contributed by atoms with E-state index in [1.165, 1.54) is 37.8 Å². The number of allylic oxidation sites excluding steroid dienone is 3. The second-order valence-electron chi connectivity index (χ2n) is 21.1. The lowest BCUT2D eigenvalue weighted by Gasteiger charge is -2.42. The van der Waals surface area contributed by atoms with Gasteiger partial charge >= 0.3 is 18.0 Å². The normalized spacial score (nSPS) is 26.6. The van der Waals surface area contributed by atoms with E-state index in [-0.39, 0.29) is 140 Å². The Morgan fingerprint density at radius 2 is 1.52 bits per heavy atom. The van der Waals surface area contributed by atoms with Crippen LogP contribution in [0.3, 0.4) is 0 Å². The van der Waals surface area contributed by atoms with Crippen LogP contribution in [0.5, 0.6) is 5.75 Å². The molecule has 0 saturated carbocycles. The van der Waals surface area contributed by atoms with E-state index in [2.05, 4.69) is 10.6 Å². The summed E-state index contributed by atoms with van der Waals surface area (Å²) in [5.74, 6) is -4.08. The highest BCUT2D eigenvalue weighted by atomic mass is 35.5. The van der Waals surface area contributed by atoms with Gasteiger partial charge in [-0.1, -0.05) is 42.3 Å². The second-order valence-corrected chi connectivity index (χ2v) is 22.8. The third-order valence-electron chi connectivity index (χ3n) is 14.8. The maximum atomic E-state index is 14.3. The van der Waals surface area contributed by atoms with E-state index in [1.54, 1.807) is 45.2 Å². The molecule has 0 aliphatic carbocycles. The predicted octanol–water partition coefficient (Wildman–Crippen LogP) is 2.52. The van der Waals surface area contributed by atoms with Gasteiger partial charge in [-0.2, -0.15) is 0 Å². The molecule has 2 unspecified atom stereocenters. The summed E-state index contributed by atoms with van der Waals surface area (Å²) in [6, 6.07) is 3.55. The monoisotopic (exact) mass is 1250 g/mol. The molecule has 5 aliphatic rings. The fraction of sp³-hybridized carbons (Fsp3) is 0.667. The number of ether oxygens (including phenoxy) is 11. The van der Waals surface area contributed by atoms with Gasteiger partial charge in [-0.15, -0.1) is 16.8 Å². The lowest BCUT2D eigenvalue weighted by Crippen LogP contribution is -2.63. The molecule has 29 heteroatoms. The van der Waals surface area contributed by atoms with Gasteiger partial charge in [0.25, 0.3) is 11.8 Å². The second kappa shape index (κ2) is 33.5. The number of rotatable bonds is 31. The molecule has 7 amide bonds. The molecular formula is C57H80ClN5O22S. The summed E-state index contributed by atoms with van der Waals surface area (Å²) in [5.41, 5.74) is -1.10. The third kappa shape index (κ3) is 19.9. The van der Waals surface area contributed by atoms with Crippen LogP contribution in [-0.2, 0) is 97.0 Å². The molecule has 4 bridgehead atoms. The quantitative estimate of drug-likeness (QED) is 0.0416. The molecule has 27 nitrogen and oxygen atoms in total. The predicted molar refractivity (Wildman–Crippen MR) is 305 cm³/mol. The number of hydroxylamine groups is 2. The SMILES string of the molecule is COc1cc2cc(c1Cl)N(C)C(=O)C[C@H](OC(=O)[C@H](C)OCCOCCSC1CC(=O)N(CCC(=O)NCCOCCOCCOCCOCCC(=O)ON3C(=O)CCC3=O)C1=O)[C@]1(C)O[C@H]1[C@H](C)C1C[C@@](O)(NC(=O)O1)[C@H](OC)/C=C/C=C(\C)C2. The molecule has 1 aromatic carbocycles. The maximum absolute atomic E-state index is 14.3. The first-order valence-corrected chi connectivity index (χ1v) is 29.9. The number of aliphatic hydroxyl groups is 1. The highest BCUT2D eigenvalue weighted by Gasteiger charge is 2.64. The van der Waals surface area contributed by atoms with Crippen LogP contribution in [0.15, 0.2) is 35.9 Å². The number of anilines is 1. The summed E-state index contributed by atoms with van der Waals surface area (Å²) >= 11 is 8.06. The molecule has 5 aliphatic heterocycles. The number of imide groups is 2. The minimum atomic E-state index is -1.87. The Morgan fingerprint density at radius 3 is 2.20 bits per heavy atom. The molecule has 478 valence electrons. The molecule has 9 atom stereocenters. The van der Waals surface area contributed by atoms with Gasteiger partial charge in [-0.3, -0.25) is 39.0 Å². The van der Waals surface area contributed by atoms with Crippen molar-refractivity contribution in [3.63, 3.8) is 0 Å². The number of nitrogens with one attached hydrogen (secondary N) is 2. The number of halogens is 1. The van der Waals surface area contributed by atoms with Gasteiger partial charge in [-0.25, -0.2) is 14.4 Å². The number of hydrogen-bond donors (Lipinski definition) is 3. The van der Waals surface area contributed by atoms with E-state index in [0.717, 1.165) is 16.0 Å². The van der Waals surface area contributed by atoms with E-state index in [0.29, 0.717) is 41.9 Å². The Labute approximate surface area is 508 Å². The fourth-order valence-electron chi connectivity index (χ4n) is 9.85. The van der Waals surface area contributed by atoms with Crippen molar-refractivity contribution in [1.29, 1.82) is 0 Å². The number of esters is 1. The van der Waals surface area contributed by atoms with Crippen LogP contribution in [0, 0.1) is 5.92 Å². The lowest BCUT2D eigenvalue weighted by molar-refractivity contribution is -0.198. The van der Waals surface area contributed by atoms with E-state index in [4.69, 9.17) is 68.5 Å². The number of amides is 7. The van der Waals surface area contributed by atoms with E-state index < -0.39 is 88.8 Å². The Balaban J connectivity index is 0.858. The lowest BCUT2D eigenvalue weighted by atomic mass is 9.83. The summed E-state index contributed by atoms with van der Waals surface area (Å²) in [6.45, 7) is 9.13. The van der Waals surface area contributed by atoms with Gasteiger partial charge in [0, 0.05) is 71.0 Å². The first kappa shape index (κ1) is 69.3. The van der Waals surface area contributed by atoms with Crippen LogP contribution in [-0.4, -0.2) is 228 Å². The minimum absolute atomic E-state index is 0.0127. The van der Waals surface area contributed by atoms with Crippen molar-refractivity contribution in [1.82, 2.24) is 20.6 Å². The topological polar surface area (TPSA) is 322 Å². The van der Waals surface area contributed by atoms with Crippen molar-refractivity contribution in [2.24, 2.45) is 5.92 Å². The number of methoxy groups -OCH3 is 2. The van der Waals surface area contributed by atoms with E-state index in [1.807, 2.05) is 13.0 Å². The number of likely N-dealkylation sites (tertiary alicyclic amines) is 1. The average Bonchev–Trinajstić information content (AvgIpc) is 3.96. The smallest absolute Gasteiger partial charge is 0.409 e. The van der Waals surface area contributed by atoms with Crippen LogP contribution in [0.1, 0.15) is 78.2 Å². The Morgan fingerprint density at radius 1 is 0.872 bits per heavy atom. The molecule has 0 spiro atoms. The molecule has 1 aromatic rings. The van der Waals surface area contributed by atoms with Gasteiger partial charge in [0.1, 0.15) is 34.7 Å². The highest BCUT2D eigenvalue weighted by molar-refractivity contribution is 8.00. The maximum Gasteiger partial charge on any atom is 0.409 e. The number of alkyl carbamates (subject to hydrolysis) is 1. The minimum Gasteiger partial charge on any atom is -0.495 e. The summed E-state index contributed by atoms with van der Waals surface area (Å²) in [6.07, 6.45) is -0.749. The zero-order valence-electron chi connectivity index (χ0n) is 49.6. The standard InChI is InChI=1S/C57H80ClN5O22S/c1-35-9-8-10-43(75-7)57(73)34-41(82-55(72)60-57)36(2)52-56(4,84-52)44(33-48(67)61(5)39-30-38(29-35)31-40(74-6)51(39)58)83-54(71)37(3)81-26-25-80-27-28-86-42-32-49(68)62(53(42)70)16-13-45(64)59-15-18-77-20-22-79-24-23-78-21-19-76-17-14-50(69)85-63-46(65)11-12-47(63)66/h8-10,30-31,36-37,41-44,52,73H,11-29,32-34H2,1-7H3,(H,59,64)(H,60,72)/b10-8+,35-9+/t36-,37+,41?,42?,43-,44+,52+,56+,57+/m1/s1. The molecule has 86 heavy (non-hydrogen) atoms. The largest absolute Gasteiger partial charge is 0.495 e. The number of benzene rings is 1. The van der Waals surface area contributed by atoms with Gasteiger partial charge in [0.2, 0.25) is 23.6 Å². The van der Waals surface area contributed by atoms with Crippen molar-refractivity contribution in [2.45, 2.75) is 126 Å². The number of hydrogen-bond acceptors (Lipinski definition) is 23. The summed E-state index contributed by atoms with van der Waals surface area (Å²) in [7, 11) is 4.44. The van der Waals surface area contributed by atoms with Crippen molar-refractivity contribution in [2.75, 3.05) is 118 Å². The Kier molecular flexibility index (Phi) is 27.0. The first-order valence-electron chi connectivity index (χ1n) is 28.5. The zero-order chi connectivity index (χ0) is 62.6. The summed E-state index contributed by atoms with van der Waals surface area (Å²) < 4.78 is 62.4. The van der Waals surface area contributed by atoms with Gasteiger partial charge in [-0.05, 0) is 44.9 Å².